The van der Waals surface area contributed by atoms with Crippen LogP contribution in [0.25, 0.3) is 0 Å². The lowest BCUT2D eigenvalue weighted by Gasteiger charge is -2.74. The van der Waals surface area contributed by atoms with Crippen LogP contribution in [0.5, 0.6) is 0 Å². The van der Waals surface area contributed by atoms with Gasteiger partial charge in [0.15, 0.2) is 0 Å². The minimum atomic E-state index is -0.158. The van der Waals surface area contributed by atoms with Gasteiger partial charge in [-0.15, -0.1) is 0 Å². The summed E-state index contributed by atoms with van der Waals surface area (Å²) in [5.41, 5.74) is 0.962. The van der Waals surface area contributed by atoms with Crippen LogP contribution in [0.1, 0.15) is 113 Å². The van der Waals surface area contributed by atoms with Gasteiger partial charge < -0.3 is 10.2 Å². The summed E-state index contributed by atoms with van der Waals surface area (Å²) >= 11 is 0. The fourth-order valence-corrected chi connectivity index (χ4v) is 11.7. The van der Waals surface area contributed by atoms with E-state index in [0.29, 0.717) is 28.6 Å². The van der Waals surface area contributed by atoms with Gasteiger partial charge in [0, 0.05) is 0 Å². The summed E-state index contributed by atoms with van der Waals surface area (Å²) in [6.07, 6.45) is 10.6. The van der Waals surface area contributed by atoms with E-state index >= 15 is 0 Å². The van der Waals surface area contributed by atoms with Gasteiger partial charge in [0.05, 0.1) is 12.2 Å². The van der Waals surface area contributed by atoms with Crippen molar-refractivity contribution in [2.45, 2.75) is 125 Å². The van der Waals surface area contributed by atoms with E-state index in [9.17, 15) is 10.2 Å². The van der Waals surface area contributed by atoms with Crippen molar-refractivity contribution in [3.63, 3.8) is 0 Å². The zero-order valence-electron chi connectivity index (χ0n) is 22.4. The second-order valence-corrected chi connectivity index (χ2v) is 15.2. The van der Waals surface area contributed by atoms with Crippen LogP contribution in [-0.2, 0) is 0 Å². The van der Waals surface area contributed by atoms with Gasteiger partial charge in [0.2, 0.25) is 0 Å². The Labute approximate surface area is 198 Å². The van der Waals surface area contributed by atoms with Crippen LogP contribution in [-0.4, -0.2) is 22.4 Å². The Bertz CT molecular complexity index is 760. The van der Waals surface area contributed by atoms with Gasteiger partial charge in [-0.1, -0.05) is 55.4 Å². The van der Waals surface area contributed by atoms with Gasteiger partial charge in [0.1, 0.15) is 0 Å². The molecule has 5 aliphatic rings. The normalized spacial score (nSPS) is 61.7. The van der Waals surface area contributed by atoms with Crippen molar-refractivity contribution in [2.24, 2.45) is 62.6 Å². The first-order valence-electron chi connectivity index (χ1n) is 14.1. The fourth-order valence-electron chi connectivity index (χ4n) is 11.7. The van der Waals surface area contributed by atoms with E-state index in [2.05, 4.69) is 55.4 Å². The van der Waals surface area contributed by atoms with E-state index < -0.39 is 0 Å². The zero-order valence-corrected chi connectivity index (χ0v) is 22.4. The topological polar surface area (TPSA) is 40.5 Å². The first-order chi connectivity index (χ1) is 14.7. The van der Waals surface area contributed by atoms with Gasteiger partial charge in [0.25, 0.3) is 0 Å². The average molecular weight is 445 g/mol. The number of fused-ring (bicyclic) bond motifs is 7. The molecule has 0 heterocycles. The van der Waals surface area contributed by atoms with Crippen LogP contribution in [0.3, 0.4) is 0 Å². The maximum atomic E-state index is 11.8. The van der Waals surface area contributed by atoms with Crippen molar-refractivity contribution < 1.29 is 10.2 Å². The second-order valence-electron chi connectivity index (χ2n) is 15.2. The van der Waals surface area contributed by atoms with Crippen LogP contribution in [0.15, 0.2) is 0 Å². The molecule has 5 fully saturated rings. The molecule has 0 aromatic rings. The minimum Gasteiger partial charge on any atom is -0.393 e. The summed E-state index contributed by atoms with van der Waals surface area (Å²) in [7, 11) is 0. The van der Waals surface area contributed by atoms with E-state index in [1.807, 2.05) is 0 Å². The maximum absolute atomic E-state index is 11.8. The number of hydrogen-bond acceptors (Lipinski definition) is 2. The van der Waals surface area contributed by atoms with E-state index in [-0.39, 0.29) is 28.5 Å². The first kappa shape index (κ1) is 23.7. The van der Waals surface area contributed by atoms with Crippen molar-refractivity contribution in [3.05, 3.63) is 0 Å². The highest BCUT2D eigenvalue weighted by molar-refractivity contribution is 5.19. The molecule has 2 N–H and O–H groups in total. The van der Waals surface area contributed by atoms with Crippen LogP contribution in [0, 0.1) is 62.6 Å². The molecular formula is C30H52O2. The molecule has 0 saturated heterocycles. The highest BCUT2D eigenvalue weighted by Crippen LogP contribution is 2.76. The lowest BCUT2D eigenvalue weighted by atomic mass is 9.31. The molecule has 12 unspecified atom stereocenters. The largest absolute Gasteiger partial charge is 0.393 e. The summed E-state index contributed by atoms with van der Waals surface area (Å²) in [4.78, 5) is 0. The number of rotatable bonds is 0. The Morgan fingerprint density at radius 1 is 0.625 bits per heavy atom. The fraction of sp³-hybridized carbons (Fsp3) is 1.00. The van der Waals surface area contributed by atoms with Crippen LogP contribution < -0.4 is 0 Å². The van der Waals surface area contributed by atoms with E-state index in [4.69, 9.17) is 0 Å². The third-order valence-corrected chi connectivity index (χ3v) is 14.1. The smallest absolute Gasteiger partial charge is 0.0602 e. The second kappa shape index (κ2) is 6.99. The van der Waals surface area contributed by atoms with Crippen LogP contribution in [0.4, 0.5) is 0 Å². The van der Waals surface area contributed by atoms with Gasteiger partial charge in [-0.2, -0.15) is 0 Å². The molecule has 0 spiro atoms. The molecule has 0 aromatic carbocycles. The quantitative estimate of drug-likeness (QED) is 0.419. The molecule has 0 bridgehead atoms. The minimum absolute atomic E-state index is 0.0179. The number of aliphatic hydroxyl groups excluding tert-OH is 2. The summed E-state index contributed by atoms with van der Waals surface area (Å²) in [5.74, 6) is 4.23. The molecule has 12 atom stereocenters. The van der Waals surface area contributed by atoms with E-state index in [0.717, 1.165) is 30.6 Å². The molecule has 184 valence electrons. The van der Waals surface area contributed by atoms with Crippen molar-refractivity contribution in [1.82, 2.24) is 0 Å². The average Bonchev–Trinajstić information content (AvgIpc) is 2.70. The Kier molecular flexibility index (Phi) is 5.17. The zero-order chi connectivity index (χ0) is 23.5. The standard InChI is InChI=1S/C30H52O2/c1-18-11-14-28(6)24(32)17-30(8)20(25(28)19(18)2)9-10-22-27(5)15-13-23(31)26(3,4)21(27)12-16-29(22,30)7/h18-25,31-32H,9-17H2,1-8H3. The first-order valence-corrected chi connectivity index (χ1v) is 14.1. The van der Waals surface area contributed by atoms with E-state index in [1.54, 1.807) is 0 Å². The SMILES string of the molecule is CC1CCC2(C)C(O)CC3(C)C(CCC4C5(C)CCC(O)C(C)(C)C5CCC43C)C2C1C. The number of hydrogen-bond donors (Lipinski definition) is 2. The molecule has 5 saturated carbocycles. The predicted molar refractivity (Wildman–Crippen MR) is 132 cm³/mol. The van der Waals surface area contributed by atoms with Crippen molar-refractivity contribution in [2.75, 3.05) is 0 Å². The molecule has 5 aliphatic carbocycles. The Hall–Kier alpha value is -0.0800. The third kappa shape index (κ3) is 2.66. The molecule has 2 nitrogen and oxygen atoms in total. The molecular weight excluding hydrogens is 392 g/mol. The lowest BCUT2D eigenvalue weighted by molar-refractivity contribution is -0.275. The summed E-state index contributed by atoms with van der Waals surface area (Å²) < 4.78 is 0. The molecule has 0 radical (unpaired) electrons. The van der Waals surface area contributed by atoms with Crippen LogP contribution in [0.2, 0.25) is 0 Å². The Morgan fingerprint density at radius 3 is 1.97 bits per heavy atom. The predicted octanol–water partition coefficient (Wildman–Crippen LogP) is 7.08. The maximum Gasteiger partial charge on any atom is 0.0602 e. The van der Waals surface area contributed by atoms with Gasteiger partial charge in [-0.25, -0.2) is 0 Å². The Balaban J connectivity index is 1.56. The molecule has 32 heavy (non-hydrogen) atoms. The Morgan fingerprint density at radius 2 is 1.28 bits per heavy atom. The van der Waals surface area contributed by atoms with Crippen molar-refractivity contribution in [3.8, 4) is 0 Å². The van der Waals surface area contributed by atoms with Crippen molar-refractivity contribution in [1.29, 1.82) is 0 Å². The third-order valence-electron chi connectivity index (χ3n) is 14.1. The molecule has 2 heteroatoms. The van der Waals surface area contributed by atoms with Gasteiger partial charge >= 0.3 is 0 Å². The molecule has 0 aromatic heterocycles. The molecule has 5 rings (SSSR count). The highest BCUT2D eigenvalue weighted by Gasteiger charge is 2.71. The summed E-state index contributed by atoms with van der Waals surface area (Å²) in [6.45, 7) is 20.0. The summed E-state index contributed by atoms with van der Waals surface area (Å²) in [6, 6.07) is 0. The van der Waals surface area contributed by atoms with Gasteiger partial charge in [-0.3, -0.25) is 0 Å². The number of aliphatic hydroxyl groups is 2. The summed E-state index contributed by atoms with van der Waals surface area (Å²) in [5, 5.41) is 22.7. The monoisotopic (exact) mass is 444 g/mol. The van der Waals surface area contributed by atoms with Gasteiger partial charge in [-0.05, 0) is 120 Å². The molecule has 0 aliphatic heterocycles. The lowest BCUT2D eigenvalue weighted by Crippen LogP contribution is -2.69. The highest BCUT2D eigenvalue weighted by atomic mass is 16.3. The van der Waals surface area contributed by atoms with Crippen molar-refractivity contribution >= 4 is 0 Å². The molecule has 0 amide bonds. The van der Waals surface area contributed by atoms with E-state index in [1.165, 1.54) is 44.9 Å². The van der Waals surface area contributed by atoms with Crippen LogP contribution >= 0.6 is 0 Å².